The minimum atomic E-state index is 0.686. The summed E-state index contributed by atoms with van der Waals surface area (Å²) in [7, 11) is 4.05. The number of nitrogens with zero attached hydrogens (tertiary/aromatic N) is 5. The van der Waals surface area contributed by atoms with Crippen LogP contribution in [-0.4, -0.2) is 14.1 Å². The lowest BCUT2D eigenvalue weighted by Gasteiger charge is -2.28. The Balaban J connectivity index is 1.27. The number of rotatable bonds is 9. The van der Waals surface area contributed by atoms with Crippen LogP contribution < -0.4 is 4.90 Å². The fraction of sp³-hybridized carbons (Fsp3) is 0.353. The van der Waals surface area contributed by atoms with E-state index in [1.54, 1.807) is 0 Å². The summed E-state index contributed by atoms with van der Waals surface area (Å²) < 4.78 is 0. The number of hydrogen-bond donors (Lipinski definition) is 0. The molecule has 4 aromatic carbocycles. The van der Waals surface area contributed by atoms with Gasteiger partial charge in [-0.05, 0) is 91.6 Å². The first-order valence-electron chi connectivity index (χ1n) is 14.3. The molecule has 0 aliphatic heterocycles. The molecule has 1 aliphatic rings. The van der Waals surface area contributed by atoms with Crippen molar-refractivity contribution in [1.82, 2.24) is 0 Å². The topological polar surface area (TPSA) is 52.7 Å². The Hall–Kier alpha value is -3.86. The largest absolute Gasteiger partial charge is 0.378 e. The lowest BCUT2D eigenvalue weighted by atomic mass is 9.77. The zero-order chi connectivity index (χ0) is 27.0. The van der Waals surface area contributed by atoms with Crippen LogP contribution >= 0.6 is 0 Å². The standard InChI is InChI=1S/C34H39N5/c1-4-5-8-25-11-13-26(14-12-25)27-15-17-28(18-16-27)35-37-33-23-24-34(32-10-7-6-9-31(32)33)38-36-29-19-21-30(22-20-29)39(2)3/h6-7,9-10,15-26H,4-5,8,11-14H2,1-3H3. The molecule has 4 aromatic rings. The fourth-order valence-corrected chi connectivity index (χ4v) is 5.57. The Morgan fingerprint density at radius 3 is 1.69 bits per heavy atom. The van der Waals surface area contributed by atoms with E-state index in [0.717, 1.165) is 45.1 Å². The van der Waals surface area contributed by atoms with Gasteiger partial charge in [-0.15, -0.1) is 10.2 Å². The number of benzene rings is 4. The molecule has 0 bridgehead atoms. The monoisotopic (exact) mass is 517 g/mol. The first kappa shape index (κ1) is 26.7. The van der Waals surface area contributed by atoms with E-state index in [0.29, 0.717) is 5.92 Å². The average Bonchev–Trinajstić information content (AvgIpc) is 2.99. The van der Waals surface area contributed by atoms with Crippen molar-refractivity contribution in [3.05, 3.63) is 90.5 Å². The highest BCUT2D eigenvalue weighted by atomic mass is 15.1. The highest BCUT2D eigenvalue weighted by Crippen LogP contribution is 2.39. The first-order valence-corrected chi connectivity index (χ1v) is 14.3. The summed E-state index contributed by atoms with van der Waals surface area (Å²) in [5.41, 5.74) is 5.92. The van der Waals surface area contributed by atoms with E-state index in [-0.39, 0.29) is 0 Å². The molecule has 0 amide bonds. The number of fused-ring (bicyclic) bond motifs is 1. The van der Waals surface area contributed by atoms with Gasteiger partial charge in [0.1, 0.15) is 0 Å². The first-order chi connectivity index (χ1) is 19.1. The molecule has 0 N–H and O–H groups in total. The van der Waals surface area contributed by atoms with E-state index in [1.807, 2.05) is 62.6 Å². The van der Waals surface area contributed by atoms with Crippen LogP contribution in [0.15, 0.2) is 105 Å². The third kappa shape index (κ3) is 6.78. The number of azo groups is 2. The second kappa shape index (κ2) is 12.8. The molecule has 0 radical (unpaired) electrons. The Bertz CT molecular complexity index is 1410. The van der Waals surface area contributed by atoms with Crippen molar-refractivity contribution in [2.24, 2.45) is 26.4 Å². The summed E-state index contributed by atoms with van der Waals surface area (Å²) in [6.45, 7) is 2.29. The summed E-state index contributed by atoms with van der Waals surface area (Å²) in [4.78, 5) is 2.07. The van der Waals surface area contributed by atoms with Gasteiger partial charge in [0, 0.05) is 30.6 Å². The summed E-state index contributed by atoms with van der Waals surface area (Å²) in [6.07, 6.45) is 9.47. The molecule has 0 aromatic heterocycles. The summed E-state index contributed by atoms with van der Waals surface area (Å²) in [5.74, 6) is 1.62. The van der Waals surface area contributed by atoms with E-state index in [2.05, 4.69) is 68.7 Å². The van der Waals surface area contributed by atoms with E-state index >= 15 is 0 Å². The molecule has 0 spiro atoms. The molecule has 0 heterocycles. The molecule has 0 atom stereocenters. The molecule has 1 fully saturated rings. The zero-order valence-electron chi connectivity index (χ0n) is 23.4. The van der Waals surface area contributed by atoms with Crippen molar-refractivity contribution in [2.45, 2.75) is 57.8 Å². The van der Waals surface area contributed by atoms with Crippen LogP contribution in [-0.2, 0) is 0 Å². The van der Waals surface area contributed by atoms with Crippen LogP contribution in [0.3, 0.4) is 0 Å². The van der Waals surface area contributed by atoms with E-state index in [1.165, 1.54) is 50.5 Å². The molecule has 0 unspecified atom stereocenters. The van der Waals surface area contributed by atoms with Gasteiger partial charge in [-0.25, -0.2) is 0 Å². The van der Waals surface area contributed by atoms with Crippen LogP contribution in [0.1, 0.15) is 63.4 Å². The third-order valence-electron chi connectivity index (χ3n) is 7.97. The molecular formula is C34H39N5. The average molecular weight is 518 g/mol. The summed E-state index contributed by atoms with van der Waals surface area (Å²) in [5, 5.41) is 20.2. The molecule has 5 heteroatoms. The van der Waals surface area contributed by atoms with Gasteiger partial charge >= 0.3 is 0 Å². The van der Waals surface area contributed by atoms with Crippen LogP contribution in [0.25, 0.3) is 10.8 Å². The van der Waals surface area contributed by atoms with E-state index < -0.39 is 0 Å². The smallest absolute Gasteiger partial charge is 0.0936 e. The van der Waals surface area contributed by atoms with Crippen LogP contribution in [0, 0.1) is 5.92 Å². The lowest BCUT2D eigenvalue weighted by molar-refractivity contribution is 0.304. The van der Waals surface area contributed by atoms with E-state index in [9.17, 15) is 0 Å². The molecular weight excluding hydrogens is 478 g/mol. The minimum absolute atomic E-state index is 0.686. The maximum atomic E-state index is 4.62. The highest BCUT2D eigenvalue weighted by Gasteiger charge is 2.21. The Labute approximate surface area is 232 Å². The Morgan fingerprint density at radius 1 is 0.641 bits per heavy atom. The Morgan fingerprint density at radius 2 is 1.18 bits per heavy atom. The van der Waals surface area contributed by atoms with Crippen molar-refractivity contribution in [3.63, 3.8) is 0 Å². The molecule has 5 nitrogen and oxygen atoms in total. The number of anilines is 1. The quantitative estimate of drug-likeness (QED) is 0.204. The molecule has 39 heavy (non-hydrogen) atoms. The lowest BCUT2D eigenvalue weighted by Crippen LogP contribution is -2.13. The minimum Gasteiger partial charge on any atom is -0.378 e. The van der Waals surface area contributed by atoms with Gasteiger partial charge in [-0.3, -0.25) is 0 Å². The van der Waals surface area contributed by atoms with Crippen molar-refractivity contribution >= 4 is 39.2 Å². The normalized spacial score (nSPS) is 17.8. The molecule has 5 rings (SSSR count). The SMILES string of the molecule is CCCCC1CCC(c2ccc(N=Nc3ccc(N=Nc4ccc(N(C)C)cc4)c4ccccc34)cc2)CC1. The van der Waals surface area contributed by atoms with Gasteiger partial charge in [0.25, 0.3) is 0 Å². The van der Waals surface area contributed by atoms with Gasteiger partial charge in [0.2, 0.25) is 0 Å². The summed E-state index contributed by atoms with van der Waals surface area (Å²) in [6, 6.07) is 28.9. The van der Waals surface area contributed by atoms with Gasteiger partial charge in [0.15, 0.2) is 0 Å². The number of unbranched alkanes of at least 4 members (excludes halogenated alkanes) is 1. The van der Waals surface area contributed by atoms with Gasteiger partial charge in [-0.2, -0.15) is 10.2 Å². The van der Waals surface area contributed by atoms with Gasteiger partial charge in [-0.1, -0.05) is 62.6 Å². The predicted octanol–water partition coefficient (Wildman–Crippen LogP) is 11.2. The van der Waals surface area contributed by atoms with Gasteiger partial charge in [0.05, 0.1) is 22.7 Å². The highest BCUT2D eigenvalue weighted by molar-refractivity contribution is 5.99. The van der Waals surface area contributed by atoms with Crippen molar-refractivity contribution in [1.29, 1.82) is 0 Å². The molecule has 0 saturated heterocycles. The van der Waals surface area contributed by atoms with Crippen LogP contribution in [0.2, 0.25) is 0 Å². The van der Waals surface area contributed by atoms with Gasteiger partial charge < -0.3 is 4.90 Å². The molecule has 1 saturated carbocycles. The van der Waals surface area contributed by atoms with Crippen molar-refractivity contribution in [2.75, 3.05) is 19.0 Å². The van der Waals surface area contributed by atoms with Crippen molar-refractivity contribution < 1.29 is 0 Å². The van der Waals surface area contributed by atoms with Crippen LogP contribution in [0.4, 0.5) is 28.4 Å². The second-order valence-electron chi connectivity index (χ2n) is 10.9. The maximum absolute atomic E-state index is 4.62. The predicted molar refractivity (Wildman–Crippen MR) is 164 cm³/mol. The number of hydrogen-bond acceptors (Lipinski definition) is 5. The third-order valence-corrected chi connectivity index (χ3v) is 7.97. The van der Waals surface area contributed by atoms with Crippen molar-refractivity contribution in [3.8, 4) is 0 Å². The Kier molecular flexibility index (Phi) is 8.77. The van der Waals surface area contributed by atoms with E-state index in [4.69, 9.17) is 0 Å². The van der Waals surface area contributed by atoms with Crippen LogP contribution in [0.5, 0.6) is 0 Å². The fourth-order valence-electron chi connectivity index (χ4n) is 5.57. The summed E-state index contributed by atoms with van der Waals surface area (Å²) >= 11 is 0. The zero-order valence-corrected chi connectivity index (χ0v) is 23.4. The maximum Gasteiger partial charge on any atom is 0.0936 e. The molecule has 1 aliphatic carbocycles. The molecule has 200 valence electrons. The second-order valence-corrected chi connectivity index (χ2v) is 10.9.